The molecule has 0 saturated heterocycles. The highest BCUT2D eigenvalue weighted by atomic mass is 32.1. The third kappa shape index (κ3) is 3.57. The van der Waals surface area contributed by atoms with Crippen molar-refractivity contribution in [2.24, 2.45) is 0 Å². The summed E-state index contributed by atoms with van der Waals surface area (Å²) in [6.07, 6.45) is 3.59. The van der Waals surface area contributed by atoms with E-state index in [0.717, 1.165) is 16.7 Å². The lowest BCUT2D eigenvalue weighted by Crippen LogP contribution is -2.23. The summed E-state index contributed by atoms with van der Waals surface area (Å²) in [5.41, 5.74) is 3.67. The van der Waals surface area contributed by atoms with E-state index in [-0.39, 0.29) is 5.91 Å². The molecular weight excluding hydrogens is 308 g/mol. The van der Waals surface area contributed by atoms with E-state index in [0.29, 0.717) is 17.9 Å². The fraction of sp³-hybridized carbons (Fsp3) is 0.111. The van der Waals surface area contributed by atoms with Gasteiger partial charge in [-0.25, -0.2) is 0 Å². The first-order valence-electron chi connectivity index (χ1n) is 7.15. The molecule has 0 fully saturated rings. The molecule has 1 amide bonds. The number of ether oxygens (including phenoxy) is 1. The minimum Gasteiger partial charge on any atom is -0.496 e. The molecule has 2 heterocycles. The molecule has 1 N–H and O–H groups in total. The molecule has 5 heteroatoms. The fourth-order valence-corrected chi connectivity index (χ4v) is 2.95. The Hall–Kier alpha value is -2.66. The van der Waals surface area contributed by atoms with Gasteiger partial charge < -0.3 is 10.1 Å². The van der Waals surface area contributed by atoms with Crippen molar-refractivity contribution in [2.75, 3.05) is 7.11 Å². The van der Waals surface area contributed by atoms with Gasteiger partial charge in [0.15, 0.2) is 0 Å². The van der Waals surface area contributed by atoms with E-state index in [1.165, 1.54) is 0 Å². The van der Waals surface area contributed by atoms with E-state index < -0.39 is 0 Å². The number of carbonyl (C=O) groups is 1. The fourth-order valence-electron chi connectivity index (χ4n) is 2.28. The normalized spacial score (nSPS) is 10.3. The first kappa shape index (κ1) is 15.2. The SMILES string of the molecule is COc1ccccc1C(=O)NCc1cncc(-c2ccsc2)c1. The summed E-state index contributed by atoms with van der Waals surface area (Å²) >= 11 is 1.65. The van der Waals surface area contributed by atoms with Crippen LogP contribution in [0, 0.1) is 0 Å². The predicted octanol–water partition coefficient (Wildman–Crippen LogP) is 3.75. The smallest absolute Gasteiger partial charge is 0.255 e. The number of hydrogen-bond acceptors (Lipinski definition) is 4. The zero-order valence-electron chi connectivity index (χ0n) is 12.7. The van der Waals surface area contributed by atoms with Crippen LogP contribution in [0.5, 0.6) is 5.75 Å². The minimum absolute atomic E-state index is 0.164. The van der Waals surface area contributed by atoms with Crippen molar-refractivity contribution in [3.05, 3.63) is 70.7 Å². The van der Waals surface area contributed by atoms with Gasteiger partial charge >= 0.3 is 0 Å². The van der Waals surface area contributed by atoms with Gasteiger partial charge in [-0.1, -0.05) is 12.1 Å². The molecule has 3 aromatic rings. The molecule has 1 aromatic carbocycles. The Morgan fingerprint density at radius 2 is 2.09 bits per heavy atom. The summed E-state index contributed by atoms with van der Waals surface area (Å²) in [4.78, 5) is 16.6. The van der Waals surface area contributed by atoms with Gasteiger partial charge in [0.2, 0.25) is 0 Å². The van der Waals surface area contributed by atoms with Gasteiger partial charge in [0.1, 0.15) is 5.75 Å². The Kier molecular flexibility index (Phi) is 4.68. The van der Waals surface area contributed by atoms with Crippen LogP contribution in [0.15, 0.2) is 59.6 Å². The molecule has 23 heavy (non-hydrogen) atoms. The lowest BCUT2D eigenvalue weighted by Gasteiger charge is -2.09. The van der Waals surface area contributed by atoms with Crippen molar-refractivity contribution in [1.29, 1.82) is 0 Å². The van der Waals surface area contributed by atoms with Gasteiger partial charge in [0, 0.05) is 24.5 Å². The first-order chi connectivity index (χ1) is 11.3. The van der Waals surface area contributed by atoms with E-state index in [9.17, 15) is 4.79 Å². The van der Waals surface area contributed by atoms with E-state index in [2.05, 4.69) is 21.7 Å². The number of pyridine rings is 1. The van der Waals surface area contributed by atoms with Gasteiger partial charge in [0.25, 0.3) is 5.91 Å². The highest BCUT2D eigenvalue weighted by Crippen LogP contribution is 2.22. The van der Waals surface area contributed by atoms with Crippen LogP contribution in [0.25, 0.3) is 11.1 Å². The van der Waals surface area contributed by atoms with Crippen molar-refractivity contribution < 1.29 is 9.53 Å². The van der Waals surface area contributed by atoms with Crippen molar-refractivity contribution in [1.82, 2.24) is 10.3 Å². The van der Waals surface area contributed by atoms with Crippen LogP contribution in [0.3, 0.4) is 0 Å². The minimum atomic E-state index is -0.164. The van der Waals surface area contributed by atoms with Gasteiger partial charge in [-0.15, -0.1) is 0 Å². The summed E-state index contributed by atoms with van der Waals surface area (Å²) in [5, 5.41) is 7.02. The summed E-state index contributed by atoms with van der Waals surface area (Å²) in [5.74, 6) is 0.401. The number of nitrogens with one attached hydrogen (secondary N) is 1. The van der Waals surface area contributed by atoms with Gasteiger partial charge in [-0.2, -0.15) is 11.3 Å². The molecule has 4 nitrogen and oxygen atoms in total. The van der Waals surface area contributed by atoms with Crippen molar-refractivity contribution in [2.45, 2.75) is 6.54 Å². The first-order valence-corrected chi connectivity index (χ1v) is 8.10. The maximum atomic E-state index is 12.3. The Morgan fingerprint density at radius 3 is 2.87 bits per heavy atom. The third-order valence-corrected chi connectivity index (χ3v) is 4.14. The zero-order valence-corrected chi connectivity index (χ0v) is 13.5. The molecule has 116 valence electrons. The van der Waals surface area contributed by atoms with Crippen molar-refractivity contribution >= 4 is 17.2 Å². The number of methoxy groups -OCH3 is 1. The van der Waals surface area contributed by atoms with Crippen LogP contribution in [0.4, 0.5) is 0 Å². The molecular formula is C18H16N2O2S. The van der Waals surface area contributed by atoms with Crippen LogP contribution in [-0.4, -0.2) is 18.0 Å². The molecule has 3 rings (SSSR count). The average molecular weight is 324 g/mol. The quantitative estimate of drug-likeness (QED) is 0.777. The number of benzene rings is 1. The summed E-state index contributed by atoms with van der Waals surface area (Å²) in [6, 6.07) is 11.3. The second-order valence-corrected chi connectivity index (χ2v) is 5.76. The molecule has 0 spiro atoms. The largest absolute Gasteiger partial charge is 0.496 e. The number of hydrogen-bond donors (Lipinski definition) is 1. The standard InChI is InChI=1S/C18H16N2O2S/c1-22-17-5-3-2-4-16(17)18(21)20-10-13-8-15(11-19-9-13)14-6-7-23-12-14/h2-9,11-12H,10H2,1H3,(H,20,21). The van der Waals surface area contributed by atoms with E-state index in [1.54, 1.807) is 36.8 Å². The van der Waals surface area contributed by atoms with Gasteiger partial charge in [-0.3, -0.25) is 9.78 Å². The summed E-state index contributed by atoms with van der Waals surface area (Å²) in [6.45, 7) is 0.419. The summed E-state index contributed by atoms with van der Waals surface area (Å²) < 4.78 is 5.21. The molecule has 0 saturated carbocycles. The van der Waals surface area contributed by atoms with E-state index >= 15 is 0 Å². The van der Waals surface area contributed by atoms with Gasteiger partial charge in [0.05, 0.1) is 12.7 Å². The zero-order chi connectivity index (χ0) is 16.1. The monoisotopic (exact) mass is 324 g/mol. The number of thiophene rings is 1. The molecule has 0 unspecified atom stereocenters. The number of para-hydroxylation sites is 1. The lowest BCUT2D eigenvalue weighted by molar-refractivity contribution is 0.0948. The predicted molar refractivity (Wildman–Crippen MR) is 91.7 cm³/mol. The molecule has 0 aliphatic rings. The molecule has 0 aliphatic carbocycles. The van der Waals surface area contributed by atoms with Crippen LogP contribution in [-0.2, 0) is 6.54 Å². The second kappa shape index (κ2) is 7.07. The number of rotatable bonds is 5. The average Bonchev–Trinajstić information content (AvgIpc) is 3.14. The highest BCUT2D eigenvalue weighted by Gasteiger charge is 2.11. The Balaban J connectivity index is 1.71. The number of nitrogens with zero attached hydrogens (tertiary/aromatic N) is 1. The van der Waals surface area contributed by atoms with Crippen LogP contribution in [0.2, 0.25) is 0 Å². The Labute approximate surface area is 138 Å². The topological polar surface area (TPSA) is 51.2 Å². The summed E-state index contributed by atoms with van der Waals surface area (Å²) in [7, 11) is 1.56. The Bertz CT molecular complexity index is 800. The number of aromatic nitrogens is 1. The van der Waals surface area contributed by atoms with Crippen LogP contribution < -0.4 is 10.1 Å². The van der Waals surface area contributed by atoms with Crippen LogP contribution in [0.1, 0.15) is 15.9 Å². The molecule has 0 atom stereocenters. The van der Waals surface area contributed by atoms with E-state index in [4.69, 9.17) is 4.74 Å². The Morgan fingerprint density at radius 1 is 1.22 bits per heavy atom. The van der Waals surface area contributed by atoms with E-state index in [1.807, 2.05) is 29.8 Å². The number of amides is 1. The lowest BCUT2D eigenvalue weighted by atomic mass is 10.1. The molecule has 0 aliphatic heterocycles. The maximum Gasteiger partial charge on any atom is 0.255 e. The third-order valence-electron chi connectivity index (χ3n) is 3.45. The highest BCUT2D eigenvalue weighted by molar-refractivity contribution is 7.08. The second-order valence-electron chi connectivity index (χ2n) is 4.98. The molecule has 0 bridgehead atoms. The number of carbonyl (C=O) groups excluding carboxylic acids is 1. The van der Waals surface area contributed by atoms with Crippen LogP contribution >= 0.6 is 11.3 Å². The van der Waals surface area contributed by atoms with Crippen molar-refractivity contribution in [3.63, 3.8) is 0 Å². The molecule has 2 aromatic heterocycles. The maximum absolute atomic E-state index is 12.3. The molecule has 0 radical (unpaired) electrons. The van der Waals surface area contributed by atoms with Crippen molar-refractivity contribution in [3.8, 4) is 16.9 Å². The van der Waals surface area contributed by atoms with Gasteiger partial charge in [-0.05, 0) is 46.2 Å².